The molecule has 3 aromatic rings. The van der Waals surface area contributed by atoms with Crippen LogP contribution >= 0.6 is 75.1 Å². The number of hydrogen-bond acceptors (Lipinski definition) is 4. The third kappa shape index (κ3) is 5.45. The largest absolute Gasteiger partial charge is 0.428 e. The number of halogens is 5. The predicted molar refractivity (Wildman–Crippen MR) is 138 cm³/mol. The first-order valence-corrected chi connectivity index (χ1v) is 14.9. The molecule has 1 aliphatic rings. The van der Waals surface area contributed by atoms with Crippen LogP contribution in [0.25, 0.3) is 0 Å². The number of benzene rings is 3. The zero-order chi connectivity index (χ0) is 22.4. The molecule has 0 amide bonds. The summed E-state index contributed by atoms with van der Waals surface area (Å²) in [5.41, 5.74) is -0.625. The second-order valence-electron chi connectivity index (χ2n) is 6.87. The van der Waals surface area contributed by atoms with Crippen molar-refractivity contribution >= 4 is 86.9 Å². The highest BCUT2D eigenvalue weighted by atomic mass is 35.6. The van der Waals surface area contributed by atoms with E-state index < -0.39 is 15.4 Å². The smallest absolute Gasteiger partial charge is 0.353 e. The van der Waals surface area contributed by atoms with Crippen LogP contribution in [0.3, 0.4) is 0 Å². The second-order valence-corrected chi connectivity index (χ2v) is 16.2. The van der Waals surface area contributed by atoms with Gasteiger partial charge in [-0.1, -0.05) is 75.7 Å². The lowest BCUT2D eigenvalue weighted by Gasteiger charge is -2.34. The van der Waals surface area contributed by atoms with E-state index in [2.05, 4.69) is 0 Å². The van der Waals surface area contributed by atoms with Gasteiger partial charge in [0.25, 0.3) is 0 Å². The third-order valence-corrected chi connectivity index (χ3v) is 10.1. The van der Waals surface area contributed by atoms with E-state index in [0.29, 0.717) is 32.7 Å². The SMILES string of the molecule is Cc1ccc(SP2(=S)Oc3ccc(Cl)cc3C(C(Cl)(Cl)Cl)c3cc(Cl)ccc3O2)cc1. The van der Waals surface area contributed by atoms with Gasteiger partial charge in [-0.2, -0.15) is 0 Å². The maximum atomic E-state index is 6.42. The molecule has 1 aliphatic heterocycles. The summed E-state index contributed by atoms with van der Waals surface area (Å²) in [4.78, 5) is 0.929. The normalized spacial score (nSPS) is 20.5. The van der Waals surface area contributed by atoms with Gasteiger partial charge in [0.2, 0.25) is 3.79 Å². The maximum absolute atomic E-state index is 6.42. The summed E-state index contributed by atoms with van der Waals surface area (Å²) < 4.78 is 10.9. The Bertz CT molecular complexity index is 1120. The van der Waals surface area contributed by atoms with Crippen molar-refractivity contribution in [1.29, 1.82) is 0 Å². The molecule has 10 heteroatoms. The molecule has 4 rings (SSSR count). The number of hydrogen-bond donors (Lipinski definition) is 0. The first-order valence-electron chi connectivity index (χ1n) is 8.95. The molecule has 0 fully saturated rings. The average molecular weight is 571 g/mol. The molecule has 3 aromatic carbocycles. The monoisotopic (exact) mass is 568 g/mol. The molecule has 0 aromatic heterocycles. The summed E-state index contributed by atoms with van der Waals surface area (Å²) >= 11 is 39.2. The molecule has 0 saturated carbocycles. The third-order valence-electron chi connectivity index (χ3n) is 4.55. The molecule has 0 N–H and O–H groups in total. The maximum Gasteiger partial charge on any atom is 0.353 e. The van der Waals surface area contributed by atoms with Crippen LogP contribution in [0.4, 0.5) is 0 Å². The Morgan fingerprint density at radius 1 is 0.839 bits per heavy atom. The Morgan fingerprint density at radius 3 is 1.77 bits per heavy atom. The number of aryl methyl sites for hydroxylation is 1. The van der Waals surface area contributed by atoms with Crippen LogP contribution in [0.15, 0.2) is 65.6 Å². The van der Waals surface area contributed by atoms with Gasteiger partial charge >= 0.3 is 5.69 Å². The zero-order valence-electron chi connectivity index (χ0n) is 15.8. The fourth-order valence-corrected chi connectivity index (χ4v) is 8.81. The Balaban J connectivity index is 1.91. The molecule has 0 aliphatic carbocycles. The molecule has 0 spiro atoms. The Hall–Kier alpha value is -0.290. The zero-order valence-corrected chi connectivity index (χ0v) is 22.1. The Labute approximate surface area is 215 Å². The molecule has 0 saturated heterocycles. The summed E-state index contributed by atoms with van der Waals surface area (Å²) in [6.07, 6.45) is 0. The van der Waals surface area contributed by atoms with Gasteiger partial charge in [-0.15, -0.1) is 0 Å². The number of fused-ring (bicyclic) bond motifs is 2. The van der Waals surface area contributed by atoms with Crippen LogP contribution < -0.4 is 9.05 Å². The quantitative estimate of drug-likeness (QED) is 0.225. The van der Waals surface area contributed by atoms with Gasteiger partial charge in [0, 0.05) is 37.9 Å². The lowest BCUT2D eigenvalue weighted by atomic mass is 9.91. The standard InChI is InChI=1S/C21H14Cl5O2PS2/c1-12-2-6-15(7-3-12)31-29(30)27-18-8-4-13(22)10-16(18)20(21(24,25)26)17-11-14(23)5-9-19(17)28-29/h2-11,20H,1H3. The van der Waals surface area contributed by atoms with Gasteiger partial charge in [0.05, 0.1) is 5.92 Å². The van der Waals surface area contributed by atoms with E-state index in [0.717, 1.165) is 10.5 Å². The lowest BCUT2D eigenvalue weighted by Crippen LogP contribution is -2.22. The fourth-order valence-electron chi connectivity index (χ4n) is 3.20. The molecule has 0 unspecified atom stereocenters. The first kappa shape index (κ1) is 23.9. The summed E-state index contributed by atoms with van der Waals surface area (Å²) in [6, 6.07) is 18.3. The van der Waals surface area contributed by atoms with Gasteiger partial charge in [0.15, 0.2) is 0 Å². The van der Waals surface area contributed by atoms with Crippen molar-refractivity contribution in [2.24, 2.45) is 0 Å². The summed E-state index contributed by atoms with van der Waals surface area (Å²) in [7, 11) is 0. The number of rotatable bonds is 2. The van der Waals surface area contributed by atoms with Crippen LogP contribution in [0, 0.1) is 6.92 Å². The van der Waals surface area contributed by atoms with Crippen molar-refractivity contribution in [3.63, 3.8) is 0 Å². The molecule has 162 valence electrons. The van der Waals surface area contributed by atoms with E-state index in [1.165, 1.54) is 11.4 Å². The summed E-state index contributed by atoms with van der Waals surface area (Å²) in [5.74, 6) is 0.164. The molecule has 0 radical (unpaired) electrons. The van der Waals surface area contributed by atoms with Gasteiger partial charge < -0.3 is 9.05 Å². The van der Waals surface area contributed by atoms with E-state index in [1.807, 2.05) is 31.2 Å². The van der Waals surface area contributed by atoms with E-state index in [-0.39, 0.29) is 0 Å². The highest BCUT2D eigenvalue weighted by molar-refractivity contribution is 8.68. The van der Waals surface area contributed by atoms with E-state index in [4.69, 9.17) is 78.9 Å². The fraction of sp³-hybridized carbons (Fsp3) is 0.143. The molecule has 0 atom stereocenters. The van der Waals surface area contributed by atoms with Crippen LogP contribution in [-0.2, 0) is 11.8 Å². The number of alkyl halides is 3. The lowest BCUT2D eigenvalue weighted by molar-refractivity contribution is 0.483. The molecular formula is C21H14Cl5O2PS2. The molecule has 31 heavy (non-hydrogen) atoms. The van der Waals surface area contributed by atoms with Crippen LogP contribution in [0.5, 0.6) is 11.5 Å². The highest BCUT2D eigenvalue weighted by Crippen LogP contribution is 2.66. The van der Waals surface area contributed by atoms with Gasteiger partial charge in [0.1, 0.15) is 11.5 Å². The minimum absolute atomic E-state index is 0.453. The minimum Gasteiger partial charge on any atom is -0.428 e. The van der Waals surface area contributed by atoms with Crippen molar-refractivity contribution in [3.05, 3.63) is 87.4 Å². The molecular weight excluding hydrogens is 557 g/mol. The molecule has 0 bridgehead atoms. The van der Waals surface area contributed by atoms with Crippen molar-refractivity contribution in [2.75, 3.05) is 0 Å². The first-order chi connectivity index (χ1) is 14.5. The van der Waals surface area contributed by atoms with E-state index in [9.17, 15) is 0 Å². The van der Waals surface area contributed by atoms with Crippen LogP contribution in [0.1, 0.15) is 22.6 Å². The molecule has 1 heterocycles. The summed E-state index contributed by atoms with van der Waals surface area (Å²) in [6.45, 7) is 2.02. The Kier molecular flexibility index (Phi) is 7.05. The van der Waals surface area contributed by atoms with Crippen molar-refractivity contribution < 1.29 is 9.05 Å². The van der Waals surface area contributed by atoms with Gasteiger partial charge in [-0.05, 0) is 66.8 Å². The van der Waals surface area contributed by atoms with Crippen LogP contribution in [-0.4, -0.2) is 3.79 Å². The predicted octanol–water partition coefficient (Wildman–Crippen LogP) is 9.59. The second kappa shape index (κ2) is 9.16. The molecule has 2 nitrogen and oxygen atoms in total. The summed E-state index contributed by atoms with van der Waals surface area (Å²) in [5, 5.41) is 0.956. The van der Waals surface area contributed by atoms with E-state index in [1.54, 1.807) is 36.4 Å². The topological polar surface area (TPSA) is 18.5 Å². The van der Waals surface area contributed by atoms with Crippen molar-refractivity contribution in [1.82, 2.24) is 0 Å². The van der Waals surface area contributed by atoms with Gasteiger partial charge in [-0.25, -0.2) is 0 Å². The van der Waals surface area contributed by atoms with Gasteiger partial charge in [-0.3, -0.25) is 0 Å². The minimum atomic E-state index is -2.96. The highest BCUT2D eigenvalue weighted by Gasteiger charge is 2.42. The van der Waals surface area contributed by atoms with Crippen molar-refractivity contribution in [2.45, 2.75) is 21.5 Å². The Morgan fingerprint density at radius 2 is 1.32 bits per heavy atom. The van der Waals surface area contributed by atoms with E-state index >= 15 is 0 Å². The average Bonchev–Trinajstić information content (AvgIpc) is 2.66. The van der Waals surface area contributed by atoms with Crippen LogP contribution in [0.2, 0.25) is 10.0 Å². The van der Waals surface area contributed by atoms with Crippen molar-refractivity contribution in [3.8, 4) is 11.5 Å².